The van der Waals surface area contributed by atoms with Crippen LogP contribution in [0.5, 0.6) is 5.75 Å². The van der Waals surface area contributed by atoms with E-state index in [1.165, 1.54) is 0 Å². The van der Waals surface area contributed by atoms with Gasteiger partial charge in [-0.1, -0.05) is 20.8 Å². The molecule has 1 aromatic heterocycles. The zero-order valence-corrected chi connectivity index (χ0v) is 24.3. The monoisotopic (exact) mass is 523 g/mol. The van der Waals surface area contributed by atoms with Crippen molar-refractivity contribution in [2.24, 2.45) is 0 Å². The summed E-state index contributed by atoms with van der Waals surface area (Å²) >= 11 is 6.40. The topological polar surface area (TPSA) is 78.2 Å². The van der Waals surface area contributed by atoms with Gasteiger partial charge < -0.3 is 18.3 Å². The summed E-state index contributed by atoms with van der Waals surface area (Å²) in [5, 5.41) is 0.525. The molecular weight excluding hydrogens is 486 g/mol. The number of alkyl halides is 1. The van der Waals surface area contributed by atoms with E-state index in [9.17, 15) is 9.59 Å². The van der Waals surface area contributed by atoms with Gasteiger partial charge in [0.25, 0.3) is 8.32 Å². The predicted octanol–water partition coefficient (Wildman–Crippen LogP) is 7.38. The smallest absolute Gasteiger partial charge is 0.414 e. The number of hydrogen-bond donors (Lipinski definition) is 0. The number of aryl methyl sites for hydroxylation is 1. The lowest BCUT2D eigenvalue weighted by atomic mass is 9.95. The van der Waals surface area contributed by atoms with Crippen LogP contribution in [-0.4, -0.2) is 45.0 Å². The quantitative estimate of drug-likeness (QED) is 0.231. The molecule has 9 heteroatoms. The van der Waals surface area contributed by atoms with Crippen LogP contribution >= 0.6 is 11.6 Å². The SMILES string of the molecule is CCOC(=O)c1c(C)oc2c(O[Si](C)(C)C(C)(C)C)cc3c(c12)C(CCl)CN3C(=O)OC(C)(C)C. The summed E-state index contributed by atoms with van der Waals surface area (Å²) in [6.45, 7) is 20.3. The first-order valence-corrected chi connectivity index (χ1v) is 15.5. The Hall–Kier alpha value is -2.19. The molecule has 0 saturated heterocycles. The molecule has 1 aromatic carbocycles. The van der Waals surface area contributed by atoms with Gasteiger partial charge in [0, 0.05) is 29.8 Å². The standard InChI is InChI=1S/C26H38ClNO6Si/c1-11-31-23(29)19-15(2)32-22-18(34-35(9,10)26(6,7)8)12-17-20(21(19)22)16(13-27)14-28(17)24(30)33-25(3,4)5/h12,16H,11,13-14H2,1-10H3. The summed E-state index contributed by atoms with van der Waals surface area (Å²) in [6, 6.07) is 1.84. The fourth-order valence-corrected chi connectivity index (χ4v) is 5.25. The van der Waals surface area contributed by atoms with Crippen molar-refractivity contribution in [3.05, 3.63) is 23.0 Å². The van der Waals surface area contributed by atoms with E-state index in [-0.39, 0.29) is 23.4 Å². The van der Waals surface area contributed by atoms with Crippen LogP contribution in [0, 0.1) is 6.92 Å². The fraction of sp³-hybridized carbons (Fsp3) is 0.615. The molecule has 1 unspecified atom stereocenters. The Morgan fingerprint density at radius 3 is 2.34 bits per heavy atom. The third-order valence-corrected chi connectivity index (χ3v) is 11.4. The van der Waals surface area contributed by atoms with E-state index in [1.54, 1.807) is 18.7 Å². The van der Waals surface area contributed by atoms with E-state index in [1.807, 2.05) is 26.8 Å². The number of benzene rings is 1. The van der Waals surface area contributed by atoms with Crippen molar-refractivity contribution in [3.8, 4) is 5.75 Å². The minimum absolute atomic E-state index is 0.0759. The number of carbonyl (C=O) groups is 2. The highest BCUT2D eigenvalue weighted by atomic mass is 35.5. The first kappa shape index (κ1) is 27.4. The van der Waals surface area contributed by atoms with E-state index in [0.29, 0.717) is 40.3 Å². The number of carbonyl (C=O) groups excluding carboxylic acids is 2. The van der Waals surface area contributed by atoms with Gasteiger partial charge >= 0.3 is 12.1 Å². The molecule has 1 amide bonds. The van der Waals surface area contributed by atoms with Gasteiger partial charge in [0.05, 0.1) is 12.3 Å². The third-order valence-electron chi connectivity index (χ3n) is 6.67. The maximum atomic E-state index is 13.2. The van der Waals surface area contributed by atoms with Gasteiger partial charge in [0.1, 0.15) is 22.7 Å². The maximum absolute atomic E-state index is 13.2. The lowest BCUT2D eigenvalue weighted by Crippen LogP contribution is -2.44. The van der Waals surface area contributed by atoms with Crippen LogP contribution in [-0.2, 0) is 9.47 Å². The van der Waals surface area contributed by atoms with Crippen molar-refractivity contribution >= 4 is 48.6 Å². The largest absolute Gasteiger partial charge is 0.541 e. The van der Waals surface area contributed by atoms with Crippen molar-refractivity contribution in [2.75, 3.05) is 23.9 Å². The number of nitrogens with zero attached hydrogens (tertiary/aromatic N) is 1. The number of furan rings is 1. The van der Waals surface area contributed by atoms with Gasteiger partial charge in [-0.3, -0.25) is 4.90 Å². The van der Waals surface area contributed by atoms with E-state index < -0.39 is 26.0 Å². The van der Waals surface area contributed by atoms with Crippen molar-refractivity contribution < 1.29 is 27.9 Å². The lowest BCUT2D eigenvalue weighted by Gasteiger charge is -2.36. The second-order valence-electron chi connectivity index (χ2n) is 11.6. The highest BCUT2D eigenvalue weighted by Crippen LogP contribution is 2.50. The number of halogens is 1. The molecule has 194 valence electrons. The molecule has 0 radical (unpaired) electrons. The number of amides is 1. The molecule has 2 aromatic rings. The fourth-order valence-electron chi connectivity index (χ4n) is 3.99. The third kappa shape index (κ3) is 5.19. The Morgan fingerprint density at radius 2 is 1.83 bits per heavy atom. The van der Waals surface area contributed by atoms with Gasteiger partial charge in [-0.05, 0) is 58.3 Å². The minimum atomic E-state index is -2.30. The number of anilines is 1. The lowest BCUT2D eigenvalue weighted by molar-refractivity contribution is 0.0524. The van der Waals surface area contributed by atoms with E-state index in [2.05, 4.69) is 33.9 Å². The average molecular weight is 524 g/mol. The Balaban J connectivity index is 2.34. The summed E-state index contributed by atoms with van der Waals surface area (Å²) in [4.78, 5) is 27.8. The van der Waals surface area contributed by atoms with Crippen LogP contribution in [0.3, 0.4) is 0 Å². The second-order valence-corrected chi connectivity index (χ2v) is 16.6. The Labute approximate surface area is 214 Å². The van der Waals surface area contributed by atoms with Gasteiger partial charge in [-0.15, -0.1) is 11.6 Å². The van der Waals surface area contributed by atoms with E-state index >= 15 is 0 Å². The van der Waals surface area contributed by atoms with Gasteiger partial charge in [-0.25, -0.2) is 9.59 Å². The molecule has 1 aliphatic heterocycles. The van der Waals surface area contributed by atoms with Crippen molar-refractivity contribution in [2.45, 2.75) is 85.0 Å². The molecule has 0 saturated carbocycles. The number of ether oxygens (including phenoxy) is 2. The van der Waals surface area contributed by atoms with Crippen molar-refractivity contribution in [3.63, 3.8) is 0 Å². The molecule has 0 N–H and O–H groups in total. The second kappa shape index (κ2) is 9.35. The van der Waals surface area contributed by atoms with E-state index in [0.717, 1.165) is 5.56 Å². The summed E-state index contributed by atoms with van der Waals surface area (Å²) < 4.78 is 23.9. The molecule has 0 bridgehead atoms. The number of esters is 1. The van der Waals surface area contributed by atoms with Crippen LogP contribution in [0.1, 0.15) is 76.1 Å². The van der Waals surface area contributed by atoms with Crippen LogP contribution in [0.2, 0.25) is 18.1 Å². The Morgan fingerprint density at radius 1 is 1.20 bits per heavy atom. The number of fused-ring (bicyclic) bond motifs is 3. The number of hydrogen-bond acceptors (Lipinski definition) is 6. The van der Waals surface area contributed by atoms with E-state index in [4.69, 9.17) is 29.9 Å². The molecule has 35 heavy (non-hydrogen) atoms. The highest BCUT2D eigenvalue weighted by Gasteiger charge is 2.43. The summed E-state index contributed by atoms with van der Waals surface area (Å²) in [6.07, 6.45) is -0.470. The van der Waals surface area contributed by atoms with Gasteiger partial charge in [0.15, 0.2) is 5.58 Å². The zero-order chi connectivity index (χ0) is 26.5. The average Bonchev–Trinajstić information content (AvgIpc) is 3.23. The van der Waals surface area contributed by atoms with Gasteiger partial charge in [0.2, 0.25) is 0 Å². The number of rotatable bonds is 5. The van der Waals surface area contributed by atoms with Gasteiger partial charge in [-0.2, -0.15) is 0 Å². The molecule has 0 spiro atoms. The van der Waals surface area contributed by atoms with Crippen molar-refractivity contribution in [1.82, 2.24) is 0 Å². The Bertz CT molecular complexity index is 1140. The minimum Gasteiger partial charge on any atom is -0.541 e. The molecule has 0 aliphatic carbocycles. The summed E-state index contributed by atoms with van der Waals surface area (Å²) in [5.74, 6) is 0.521. The highest BCUT2D eigenvalue weighted by molar-refractivity contribution is 6.74. The summed E-state index contributed by atoms with van der Waals surface area (Å²) in [7, 11) is -2.30. The van der Waals surface area contributed by atoms with Crippen LogP contribution in [0.15, 0.2) is 10.5 Å². The Kier molecular flexibility index (Phi) is 7.32. The molecule has 1 aliphatic rings. The van der Waals surface area contributed by atoms with Crippen molar-refractivity contribution in [1.29, 1.82) is 0 Å². The zero-order valence-electron chi connectivity index (χ0n) is 22.6. The first-order chi connectivity index (χ1) is 16.0. The molecule has 7 nitrogen and oxygen atoms in total. The normalized spacial score (nSPS) is 16.4. The molecule has 3 rings (SSSR count). The molecular formula is C26H38ClNO6Si. The maximum Gasteiger partial charge on any atom is 0.414 e. The molecule has 1 atom stereocenters. The molecule has 0 fully saturated rings. The predicted molar refractivity (Wildman–Crippen MR) is 142 cm³/mol. The van der Waals surface area contributed by atoms with Crippen LogP contribution in [0.25, 0.3) is 11.0 Å². The molecule has 2 heterocycles. The first-order valence-electron chi connectivity index (χ1n) is 12.0. The van der Waals surface area contributed by atoms with Crippen LogP contribution < -0.4 is 9.33 Å². The van der Waals surface area contributed by atoms with Crippen LogP contribution in [0.4, 0.5) is 10.5 Å². The summed E-state index contributed by atoms with van der Waals surface area (Å²) in [5.41, 5.74) is 1.57.